The summed E-state index contributed by atoms with van der Waals surface area (Å²) in [6.45, 7) is 1.73. The number of nitrogens with zero attached hydrogens (tertiary/aromatic N) is 3. The lowest BCUT2D eigenvalue weighted by Crippen LogP contribution is -2.17. The van der Waals surface area contributed by atoms with Crippen LogP contribution in [0.2, 0.25) is 0 Å². The Bertz CT molecular complexity index is 943. The number of hydrogen-bond acceptors (Lipinski definition) is 5. The summed E-state index contributed by atoms with van der Waals surface area (Å²) in [5, 5.41) is 9.37. The van der Waals surface area contributed by atoms with E-state index >= 15 is 0 Å². The van der Waals surface area contributed by atoms with Crippen molar-refractivity contribution in [3.63, 3.8) is 0 Å². The molecule has 1 saturated heterocycles. The SMILES string of the molecule is Fc1ccc(-c2nnc(SCCOc3ccccc3F)n2CC2CCCO2)cc1. The van der Waals surface area contributed by atoms with Gasteiger partial charge in [-0.1, -0.05) is 23.9 Å². The molecule has 0 spiro atoms. The third kappa shape index (κ3) is 4.94. The fourth-order valence-electron chi connectivity index (χ4n) is 3.21. The number of para-hydroxylation sites is 1. The number of benzene rings is 2. The Balaban J connectivity index is 1.46. The predicted molar refractivity (Wildman–Crippen MR) is 107 cm³/mol. The monoisotopic (exact) mass is 417 g/mol. The van der Waals surface area contributed by atoms with Gasteiger partial charge in [-0.15, -0.1) is 10.2 Å². The number of halogens is 2. The molecule has 2 aromatic carbocycles. The summed E-state index contributed by atoms with van der Waals surface area (Å²) >= 11 is 1.49. The van der Waals surface area contributed by atoms with Crippen LogP contribution in [0.1, 0.15) is 12.8 Å². The Morgan fingerprint density at radius 2 is 1.93 bits per heavy atom. The predicted octanol–water partition coefficient (Wildman–Crippen LogP) is 4.57. The summed E-state index contributed by atoms with van der Waals surface area (Å²) in [5.74, 6) is 0.830. The zero-order valence-corrected chi connectivity index (χ0v) is 16.6. The van der Waals surface area contributed by atoms with Crippen molar-refractivity contribution in [1.82, 2.24) is 14.8 Å². The molecule has 0 radical (unpaired) electrons. The molecule has 0 bridgehead atoms. The molecular weight excluding hydrogens is 396 g/mol. The quantitative estimate of drug-likeness (QED) is 0.397. The van der Waals surface area contributed by atoms with Crippen molar-refractivity contribution in [2.45, 2.75) is 30.6 Å². The average Bonchev–Trinajstić information content (AvgIpc) is 3.38. The first-order valence-corrected chi connectivity index (χ1v) is 10.5. The summed E-state index contributed by atoms with van der Waals surface area (Å²) < 4.78 is 40.3. The maximum Gasteiger partial charge on any atom is 0.191 e. The first kappa shape index (κ1) is 19.8. The van der Waals surface area contributed by atoms with Crippen LogP contribution in [-0.4, -0.2) is 39.8 Å². The molecular formula is C21H21F2N3O2S. The Morgan fingerprint density at radius 1 is 1.10 bits per heavy atom. The van der Waals surface area contributed by atoms with Crippen molar-refractivity contribution in [3.8, 4) is 17.1 Å². The summed E-state index contributed by atoms with van der Waals surface area (Å²) in [5.41, 5.74) is 0.798. The smallest absolute Gasteiger partial charge is 0.191 e. The van der Waals surface area contributed by atoms with E-state index in [1.165, 1.54) is 30.0 Å². The van der Waals surface area contributed by atoms with Gasteiger partial charge < -0.3 is 9.47 Å². The lowest BCUT2D eigenvalue weighted by atomic mass is 10.2. The minimum Gasteiger partial charge on any atom is -0.490 e. The number of rotatable bonds is 8. The molecule has 0 saturated carbocycles. The molecule has 1 aromatic heterocycles. The molecule has 5 nitrogen and oxygen atoms in total. The van der Waals surface area contributed by atoms with Crippen LogP contribution in [0.4, 0.5) is 8.78 Å². The second kappa shape index (κ2) is 9.37. The Kier molecular flexibility index (Phi) is 6.41. The van der Waals surface area contributed by atoms with Crippen LogP contribution < -0.4 is 4.74 Å². The van der Waals surface area contributed by atoms with E-state index < -0.39 is 0 Å². The van der Waals surface area contributed by atoms with Crippen LogP contribution in [0.15, 0.2) is 53.7 Å². The molecule has 1 unspecified atom stereocenters. The van der Waals surface area contributed by atoms with Crippen LogP contribution in [0, 0.1) is 11.6 Å². The highest BCUT2D eigenvalue weighted by Crippen LogP contribution is 2.27. The van der Waals surface area contributed by atoms with Gasteiger partial charge in [-0.3, -0.25) is 4.57 Å². The minimum absolute atomic E-state index is 0.110. The molecule has 0 amide bonds. The highest BCUT2D eigenvalue weighted by Gasteiger charge is 2.21. The fraction of sp³-hybridized carbons (Fsp3) is 0.333. The largest absolute Gasteiger partial charge is 0.490 e. The normalized spacial score (nSPS) is 16.3. The molecule has 1 aliphatic rings. The Hall–Kier alpha value is -2.45. The zero-order chi connectivity index (χ0) is 20.1. The zero-order valence-electron chi connectivity index (χ0n) is 15.8. The lowest BCUT2D eigenvalue weighted by Gasteiger charge is -2.15. The first-order valence-electron chi connectivity index (χ1n) is 9.51. The van der Waals surface area contributed by atoms with E-state index in [-0.39, 0.29) is 23.5 Å². The molecule has 4 rings (SSSR count). The highest BCUT2D eigenvalue weighted by atomic mass is 32.2. The van der Waals surface area contributed by atoms with Gasteiger partial charge in [-0.2, -0.15) is 0 Å². The van der Waals surface area contributed by atoms with Gasteiger partial charge in [0.15, 0.2) is 22.5 Å². The maximum absolute atomic E-state index is 13.7. The number of thioether (sulfide) groups is 1. The van der Waals surface area contributed by atoms with E-state index in [4.69, 9.17) is 9.47 Å². The van der Waals surface area contributed by atoms with Gasteiger partial charge in [0.2, 0.25) is 0 Å². The molecule has 1 aliphatic heterocycles. The van der Waals surface area contributed by atoms with Gasteiger partial charge >= 0.3 is 0 Å². The summed E-state index contributed by atoms with van der Waals surface area (Å²) in [7, 11) is 0. The number of ether oxygens (including phenoxy) is 2. The molecule has 0 aliphatic carbocycles. The van der Waals surface area contributed by atoms with Gasteiger partial charge in [0, 0.05) is 17.9 Å². The topological polar surface area (TPSA) is 49.2 Å². The van der Waals surface area contributed by atoms with Crippen molar-refractivity contribution >= 4 is 11.8 Å². The van der Waals surface area contributed by atoms with Crippen LogP contribution in [0.25, 0.3) is 11.4 Å². The van der Waals surface area contributed by atoms with E-state index in [2.05, 4.69) is 10.2 Å². The second-order valence-corrected chi connectivity index (χ2v) is 7.75. The molecule has 152 valence electrons. The second-order valence-electron chi connectivity index (χ2n) is 6.69. The third-order valence-corrected chi connectivity index (χ3v) is 5.57. The van der Waals surface area contributed by atoms with E-state index in [1.807, 2.05) is 4.57 Å². The fourth-order valence-corrected chi connectivity index (χ4v) is 3.98. The van der Waals surface area contributed by atoms with Gasteiger partial charge in [-0.05, 0) is 49.2 Å². The standard InChI is InChI=1S/C21H21F2N3O2S/c22-16-9-7-15(8-10-16)20-24-25-21(26(20)14-17-4-3-11-27-17)29-13-12-28-19-6-2-1-5-18(19)23/h1-2,5-10,17H,3-4,11-14H2. The maximum atomic E-state index is 13.7. The van der Waals surface area contributed by atoms with Crippen LogP contribution in [0.3, 0.4) is 0 Å². The first-order chi connectivity index (χ1) is 14.2. The molecule has 29 heavy (non-hydrogen) atoms. The third-order valence-electron chi connectivity index (χ3n) is 4.64. The van der Waals surface area contributed by atoms with Crippen molar-refractivity contribution in [2.75, 3.05) is 19.0 Å². The molecule has 3 aromatic rings. The summed E-state index contributed by atoms with van der Waals surface area (Å²) in [6.07, 6.45) is 2.14. The van der Waals surface area contributed by atoms with Crippen molar-refractivity contribution in [2.24, 2.45) is 0 Å². The minimum atomic E-state index is -0.377. The van der Waals surface area contributed by atoms with Crippen LogP contribution in [0.5, 0.6) is 5.75 Å². The molecule has 8 heteroatoms. The average molecular weight is 417 g/mol. The molecule has 1 fully saturated rings. The van der Waals surface area contributed by atoms with Gasteiger partial charge in [0.1, 0.15) is 5.82 Å². The van der Waals surface area contributed by atoms with E-state index in [9.17, 15) is 8.78 Å². The summed E-state index contributed by atoms with van der Waals surface area (Å²) in [4.78, 5) is 0. The summed E-state index contributed by atoms with van der Waals surface area (Å²) in [6, 6.07) is 12.6. The van der Waals surface area contributed by atoms with Gasteiger partial charge in [0.05, 0.1) is 19.3 Å². The molecule has 2 heterocycles. The highest BCUT2D eigenvalue weighted by molar-refractivity contribution is 7.99. The Labute approximate surface area is 172 Å². The molecule has 1 atom stereocenters. The number of hydrogen-bond donors (Lipinski definition) is 0. The molecule has 0 N–H and O–H groups in total. The van der Waals surface area contributed by atoms with Crippen molar-refractivity contribution in [1.29, 1.82) is 0 Å². The van der Waals surface area contributed by atoms with E-state index in [1.54, 1.807) is 30.3 Å². The van der Waals surface area contributed by atoms with Gasteiger partial charge in [-0.25, -0.2) is 8.78 Å². The number of aromatic nitrogens is 3. The van der Waals surface area contributed by atoms with E-state index in [0.717, 1.165) is 30.2 Å². The van der Waals surface area contributed by atoms with Crippen molar-refractivity contribution in [3.05, 3.63) is 60.2 Å². The van der Waals surface area contributed by atoms with E-state index in [0.29, 0.717) is 24.7 Å². The Morgan fingerprint density at radius 3 is 2.69 bits per heavy atom. The van der Waals surface area contributed by atoms with Crippen molar-refractivity contribution < 1.29 is 18.3 Å². The van der Waals surface area contributed by atoms with Crippen LogP contribution >= 0.6 is 11.8 Å². The van der Waals surface area contributed by atoms with Gasteiger partial charge in [0.25, 0.3) is 0 Å². The van der Waals surface area contributed by atoms with Crippen LogP contribution in [-0.2, 0) is 11.3 Å². The lowest BCUT2D eigenvalue weighted by molar-refractivity contribution is 0.0953.